The molecule has 1 aliphatic carbocycles. The Hall–Kier alpha value is -2.51. The lowest BCUT2D eigenvalue weighted by Gasteiger charge is -2.39. The zero-order valence-corrected chi connectivity index (χ0v) is 16.1. The number of aliphatic carboxylic acids is 1. The number of methoxy groups -OCH3 is 1. The monoisotopic (exact) mass is 402 g/mol. The van der Waals surface area contributed by atoms with E-state index in [4.69, 9.17) is 4.74 Å². The quantitative estimate of drug-likeness (QED) is 0.692. The number of halogens is 2. The zero-order chi connectivity index (χ0) is 20.5. The van der Waals surface area contributed by atoms with E-state index < -0.39 is 23.5 Å². The van der Waals surface area contributed by atoms with E-state index in [1.165, 1.54) is 13.2 Å². The maximum absolute atomic E-state index is 14.0. The van der Waals surface area contributed by atoms with Gasteiger partial charge in [-0.15, -0.1) is 0 Å². The van der Waals surface area contributed by atoms with E-state index in [0.717, 1.165) is 18.1 Å². The van der Waals surface area contributed by atoms with Gasteiger partial charge in [0.15, 0.2) is 11.6 Å². The van der Waals surface area contributed by atoms with Crippen molar-refractivity contribution in [2.24, 2.45) is 11.8 Å². The Morgan fingerprint density at radius 2 is 2.00 bits per heavy atom. The SMILES string of the molecule is COc1c(F)cc(F)cc1CNC1C2CC(NC1c1ccccc1)C(C(=O)O)C2. The Labute approximate surface area is 168 Å². The van der Waals surface area contributed by atoms with Gasteiger partial charge in [-0.1, -0.05) is 30.3 Å². The van der Waals surface area contributed by atoms with Crippen molar-refractivity contribution in [2.45, 2.75) is 37.5 Å². The van der Waals surface area contributed by atoms with Gasteiger partial charge in [-0.05, 0) is 30.4 Å². The van der Waals surface area contributed by atoms with E-state index in [0.29, 0.717) is 12.0 Å². The van der Waals surface area contributed by atoms with Crippen molar-refractivity contribution < 1.29 is 23.4 Å². The molecule has 4 rings (SSSR count). The summed E-state index contributed by atoms with van der Waals surface area (Å²) >= 11 is 0. The summed E-state index contributed by atoms with van der Waals surface area (Å²) in [5, 5.41) is 16.5. The maximum Gasteiger partial charge on any atom is 0.308 e. The Morgan fingerprint density at radius 3 is 2.69 bits per heavy atom. The molecule has 1 saturated carbocycles. The van der Waals surface area contributed by atoms with Crippen LogP contribution in [-0.2, 0) is 11.3 Å². The lowest BCUT2D eigenvalue weighted by atomic mass is 9.84. The van der Waals surface area contributed by atoms with Crippen LogP contribution in [0.3, 0.4) is 0 Å². The van der Waals surface area contributed by atoms with E-state index in [1.807, 2.05) is 30.3 Å². The predicted molar refractivity (Wildman–Crippen MR) is 103 cm³/mol. The normalized spacial score (nSPS) is 28.3. The number of piperidine rings is 1. The highest BCUT2D eigenvalue weighted by Crippen LogP contribution is 2.43. The molecule has 2 bridgehead atoms. The standard InChI is InChI=1S/C22H24F2N2O3/c1-29-21-14(7-15(23)10-17(21)24)11-25-19-13-8-16(22(27)28)18(9-13)26-20(19)12-5-3-2-4-6-12/h2-7,10,13,16,18-20,25-26H,8-9,11H2,1H3,(H,27,28). The minimum atomic E-state index is -0.786. The minimum Gasteiger partial charge on any atom is -0.493 e. The van der Waals surface area contributed by atoms with Crippen LogP contribution in [0, 0.1) is 23.5 Å². The molecule has 2 aromatic carbocycles. The first-order valence-electron chi connectivity index (χ1n) is 9.77. The lowest BCUT2D eigenvalue weighted by molar-refractivity contribution is -0.142. The van der Waals surface area contributed by atoms with Gasteiger partial charge in [0.2, 0.25) is 0 Å². The van der Waals surface area contributed by atoms with E-state index in [9.17, 15) is 18.7 Å². The summed E-state index contributed by atoms with van der Waals surface area (Å²) in [5.41, 5.74) is 1.45. The average Bonchev–Trinajstić information content (AvgIpc) is 3.05. The molecule has 0 amide bonds. The van der Waals surface area contributed by atoms with Gasteiger partial charge in [0.1, 0.15) is 5.82 Å². The number of hydrogen-bond donors (Lipinski definition) is 3. The summed E-state index contributed by atoms with van der Waals surface area (Å²) in [6.07, 6.45) is 1.33. The second kappa shape index (κ2) is 8.08. The lowest BCUT2D eigenvalue weighted by Crippen LogP contribution is -2.52. The van der Waals surface area contributed by atoms with Crippen LogP contribution >= 0.6 is 0 Å². The number of benzene rings is 2. The first kappa shape index (κ1) is 19.8. The van der Waals surface area contributed by atoms with Crippen molar-refractivity contribution in [3.63, 3.8) is 0 Å². The van der Waals surface area contributed by atoms with Crippen molar-refractivity contribution in [1.29, 1.82) is 0 Å². The van der Waals surface area contributed by atoms with Crippen LogP contribution in [0.15, 0.2) is 42.5 Å². The third kappa shape index (κ3) is 3.84. The largest absolute Gasteiger partial charge is 0.493 e. The molecule has 7 heteroatoms. The van der Waals surface area contributed by atoms with Gasteiger partial charge in [0.05, 0.1) is 13.0 Å². The molecule has 5 atom stereocenters. The summed E-state index contributed by atoms with van der Waals surface area (Å²) in [7, 11) is 1.35. The molecule has 0 radical (unpaired) electrons. The van der Waals surface area contributed by atoms with Crippen LogP contribution in [0.2, 0.25) is 0 Å². The van der Waals surface area contributed by atoms with Crippen molar-refractivity contribution in [3.8, 4) is 5.75 Å². The molecular formula is C22H24F2N2O3. The smallest absolute Gasteiger partial charge is 0.308 e. The minimum absolute atomic E-state index is 0.0200. The highest BCUT2D eigenvalue weighted by molar-refractivity contribution is 5.71. The van der Waals surface area contributed by atoms with Crippen molar-refractivity contribution in [2.75, 3.05) is 7.11 Å². The molecule has 3 N–H and O–H groups in total. The van der Waals surface area contributed by atoms with Crippen molar-refractivity contribution >= 4 is 5.97 Å². The molecule has 1 saturated heterocycles. The van der Waals surface area contributed by atoms with Gasteiger partial charge >= 0.3 is 5.97 Å². The van der Waals surface area contributed by atoms with E-state index >= 15 is 0 Å². The molecular weight excluding hydrogens is 378 g/mol. The van der Waals surface area contributed by atoms with Crippen molar-refractivity contribution in [3.05, 3.63) is 65.2 Å². The molecule has 1 heterocycles. The second-order valence-electron chi connectivity index (χ2n) is 7.82. The number of carboxylic acid groups (broad SMARTS) is 1. The molecule has 0 spiro atoms. The van der Waals surface area contributed by atoms with E-state index in [1.54, 1.807) is 0 Å². The average molecular weight is 402 g/mol. The fourth-order valence-corrected chi connectivity index (χ4v) is 4.88. The molecule has 2 fully saturated rings. The van der Waals surface area contributed by atoms with Gasteiger partial charge in [-0.3, -0.25) is 4.79 Å². The molecule has 5 nitrogen and oxygen atoms in total. The van der Waals surface area contributed by atoms with Crippen LogP contribution < -0.4 is 15.4 Å². The Morgan fingerprint density at radius 1 is 1.24 bits per heavy atom. The first-order valence-corrected chi connectivity index (χ1v) is 9.77. The van der Waals surface area contributed by atoms with Gasteiger partial charge < -0.3 is 20.5 Å². The summed E-state index contributed by atoms with van der Waals surface area (Å²) in [4.78, 5) is 11.7. The third-order valence-corrected chi connectivity index (χ3v) is 6.15. The van der Waals surface area contributed by atoms with Gasteiger partial charge in [-0.2, -0.15) is 0 Å². The fourth-order valence-electron chi connectivity index (χ4n) is 4.88. The number of ether oxygens (including phenoxy) is 1. The van der Waals surface area contributed by atoms with Crippen LogP contribution in [0.4, 0.5) is 8.78 Å². The van der Waals surface area contributed by atoms with E-state index in [-0.39, 0.29) is 36.3 Å². The highest BCUT2D eigenvalue weighted by atomic mass is 19.1. The molecule has 29 heavy (non-hydrogen) atoms. The summed E-state index contributed by atoms with van der Waals surface area (Å²) in [6.45, 7) is 0.215. The van der Waals surface area contributed by atoms with Crippen LogP contribution in [0.1, 0.15) is 30.0 Å². The van der Waals surface area contributed by atoms with Crippen LogP contribution in [0.5, 0.6) is 5.75 Å². The van der Waals surface area contributed by atoms with Gasteiger partial charge in [-0.25, -0.2) is 8.78 Å². The number of carbonyl (C=O) groups is 1. The van der Waals surface area contributed by atoms with Crippen molar-refractivity contribution in [1.82, 2.24) is 10.6 Å². The molecule has 2 aliphatic rings. The molecule has 2 aromatic rings. The zero-order valence-electron chi connectivity index (χ0n) is 16.1. The summed E-state index contributed by atoms with van der Waals surface area (Å²) < 4.78 is 32.9. The Kier molecular flexibility index (Phi) is 5.52. The van der Waals surface area contributed by atoms with Gasteiger partial charge in [0, 0.05) is 36.3 Å². The van der Waals surface area contributed by atoms with Gasteiger partial charge in [0.25, 0.3) is 0 Å². The van der Waals surface area contributed by atoms with E-state index in [2.05, 4.69) is 10.6 Å². The highest BCUT2D eigenvalue weighted by Gasteiger charge is 2.49. The number of carboxylic acids is 1. The topological polar surface area (TPSA) is 70.6 Å². The molecule has 5 unspecified atom stereocenters. The number of fused-ring (bicyclic) bond motifs is 2. The number of hydrogen-bond acceptors (Lipinski definition) is 4. The molecule has 1 aliphatic heterocycles. The van der Waals surface area contributed by atoms with Crippen LogP contribution in [-0.4, -0.2) is 30.3 Å². The Bertz CT molecular complexity index is 893. The number of rotatable bonds is 6. The first-order chi connectivity index (χ1) is 14.0. The third-order valence-electron chi connectivity index (χ3n) is 6.15. The second-order valence-corrected chi connectivity index (χ2v) is 7.82. The molecule has 154 valence electrons. The summed E-state index contributed by atoms with van der Waals surface area (Å²) in [6, 6.07) is 11.7. The predicted octanol–water partition coefficient (Wildman–Crippen LogP) is 3.26. The molecule has 0 aromatic heterocycles. The maximum atomic E-state index is 14.0. The Balaban J connectivity index is 1.61. The fraction of sp³-hybridized carbons (Fsp3) is 0.409. The summed E-state index contributed by atoms with van der Waals surface area (Å²) in [5.74, 6) is -2.44. The number of nitrogens with one attached hydrogen (secondary N) is 2. The van der Waals surface area contributed by atoms with Crippen LogP contribution in [0.25, 0.3) is 0 Å².